The molecule has 0 amide bonds. The lowest BCUT2D eigenvalue weighted by Crippen LogP contribution is -2.09. The Kier molecular flexibility index (Phi) is 4.37. The van der Waals surface area contributed by atoms with Crippen LogP contribution in [0.4, 0.5) is 0 Å². The topological polar surface area (TPSA) is 83.8 Å². The SMILES string of the molecule is COc1ccc(-c2c(C(=O)O)ccc(C)c2C(=O)O)cc1Cl. The number of rotatable bonds is 4. The first-order valence-electron chi connectivity index (χ1n) is 6.31. The molecule has 0 aliphatic carbocycles. The van der Waals surface area contributed by atoms with Crippen molar-refractivity contribution in [3.05, 3.63) is 52.0 Å². The Morgan fingerprint density at radius 3 is 2.27 bits per heavy atom. The van der Waals surface area contributed by atoms with Crippen molar-refractivity contribution in [2.24, 2.45) is 0 Å². The van der Waals surface area contributed by atoms with Gasteiger partial charge in [0.15, 0.2) is 0 Å². The third-order valence-corrected chi connectivity index (χ3v) is 3.59. The van der Waals surface area contributed by atoms with Crippen molar-refractivity contribution < 1.29 is 24.5 Å². The van der Waals surface area contributed by atoms with Gasteiger partial charge in [0, 0.05) is 5.56 Å². The van der Waals surface area contributed by atoms with Gasteiger partial charge in [-0.1, -0.05) is 23.7 Å². The van der Waals surface area contributed by atoms with Crippen LogP contribution in [0.25, 0.3) is 11.1 Å². The molecule has 2 aromatic carbocycles. The molecule has 22 heavy (non-hydrogen) atoms. The van der Waals surface area contributed by atoms with E-state index < -0.39 is 11.9 Å². The Morgan fingerprint density at radius 2 is 1.77 bits per heavy atom. The van der Waals surface area contributed by atoms with Crippen molar-refractivity contribution in [2.75, 3.05) is 7.11 Å². The molecule has 0 bridgehead atoms. The van der Waals surface area contributed by atoms with Crippen LogP contribution in [0.2, 0.25) is 5.02 Å². The van der Waals surface area contributed by atoms with Crippen LogP contribution in [0.3, 0.4) is 0 Å². The Labute approximate surface area is 131 Å². The molecule has 0 spiro atoms. The average Bonchev–Trinajstić information content (AvgIpc) is 2.45. The Hall–Kier alpha value is -2.53. The molecule has 2 rings (SSSR count). The molecule has 2 N–H and O–H groups in total. The van der Waals surface area contributed by atoms with Crippen molar-refractivity contribution in [3.63, 3.8) is 0 Å². The van der Waals surface area contributed by atoms with Gasteiger partial charge >= 0.3 is 11.9 Å². The van der Waals surface area contributed by atoms with Gasteiger partial charge < -0.3 is 14.9 Å². The summed E-state index contributed by atoms with van der Waals surface area (Å²) in [5.41, 5.74) is 0.860. The number of aromatic carboxylic acids is 2. The Bertz CT molecular complexity index is 767. The van der Waals surface area contributed by atoms with Crippen LogP contribution in [0.5, 0.6) is 5.75 Å². The molecule has 114 valence electrons. The zero-order chi connectivity index (χ0) is 16.4. The fraction of sp³-hybridized carbons (Fsp3) is 0.125. The van der Waals surface area contributed by atoms with Crippen LogP contribution in [0.15, 0.2) is 30.3 Å². The summed E-state index contributed by atoms with van der Waals surface area (Å²) in [7, 11) is 1.46. The summed E-state index contributed by atoms with van der Waals surface area (Å²) in [4.78, 5) is 23.0. The second-order valence-corrected chi connectivity index (χ2v) is 5.05. The van der Waals surface area contributed by atoms with E-state index >= 15 is 0 Å². The van der Waals surface area contributed by atoms with E-state index in [1.54, 1.807) is 19.1 Å². The number of aryl methyl sites for hydroxylation is 1. The van der Waals surface area contributed by atoms with Crippen LogP contribution in [0, 0.1) is 6.92 Å². The van der Waals surface area contributed by atoms with Gasteiger partial charge in [0.05, 0.1) is 23.3 Å². The van der Waals surface area contributed by atoms with Gasteiger partial charge in [-0.2, -0.15) is 0 Å². The summed E-state index contributed by atoms with van der Waals surface area (Å²) >= 11 is 6.06. The fourth-order valence-corrected chi connectivity index (χ4v) is 2.54. The van der Waals surface area contributed by atoms with Crippen molar-refractivity contribution in [1.82, 2.24) is 0 Å². The van der Waals surface area contributed by atoms with Crippen LogP contribution >= 0.6 is 11.6 Å². The van der Waals surface area contributed by atoms with Crippen molar-refractivity contribution in [3.8, 4) is 16.9 Å². The third-order valence-electron chi connectivity index (χ3n) is 3.30. The smallest absolute Gasteiger partial charge is 0.336 e. The first kappa shape index (κ1) is 15.9. The predicted octanol–water partition coefficient (Wildman–Crippen LogP) is 3.72. The van der Waals surface area contributed by atoms with Gasteiger partial charge in [0.2, 0.25) is 0 Å². The van der Waals surface area contributed by atoms with Crippen LogP contribution in [-0.4, -0.2) is 29.3 Å². The lowest BCUT2D eigenvalue weighted by atomic mass is 9.91. The molecule has 2 aromatic rings. The van der Waals surface area contributed by atoms with Crippen molar-refractivity contribution >= 4 is 23.5 Å². The van der Waals surface area contributed by atoms with E-state index in [0.29, 0.717) is 16.9 Å². The van der Waals surface area contributed by atoms with Crippen molar-refractivity contribution in [1.29, 1.82) is 0 Å². The maximum atomic E-state index is 11.5. The molecule has 0 atom stereocenters. The van der Waals surface area contributed by atoms with E-state index in [4.69, 9.17) is 16.3 Å². The molecule has 0 saturated heterocycles. The minimum atomic E-state index is -1.20. The quantitative estimate of drug-likeness (QED) is 0.897. The van der Waals surface area contributed by atoms with Crippen molar-refractivity contribution in [2.45, 2.75) is 6.92 Å². The van der Waals surface area contributed by atoms with E-state index in [0.717, 1.165) is 0 Å². The zero-order valence-corrected chi connectivity index (χ0v) is 12.6. The lowest BCUT2D eigenvalue weighted by molar-refractivity contribution is 0.0695. The average molecular weight is 321 g/mol. The lowest BCUT2D eigenvalue weighted by Gasteiger charge is -2.14. The number of carboxylic acids is 2. The van der Waals surface area contributed by atoms with Crippen LogP contribution in [0.1, 0.15) is 26.3 Å². The van der Waals surface area contributed by atoms with Gasteiger partial charge in [-0.25, -0.2) is 9.59 Å². The number of ether oxygens (including phenoxy) is 1. The van der Waals surface area contributed by atoms with Crippen LogP contribution < -0.4 is 4.74 Å². The Morgan fingerprint density at radius 1 is 1.09 bits per heavy atom. The number of halogens is 1. The summed E-state index contributed by atoms with van der Waals surface area (Å²) in [6, 6.07) is 7.50. The van der Waals surface area contributed by atoms with E-state index in [-0.39, 0.29) is 21.7 Å². The number of carboxylic acid groups (broad SMARTS) is 2. The molecule has 0 unspecified atom stereocenters. The second kappa shape index (κ2) is 6.07. The highest BCUT2D eigenvalue weighted by Crippen LogP contribution is 2.35. The minimum Gasteiger partial charge on any atom is -0.495 e. The summed E-state index contributed by atoms with van der Waals surface area (Å²) in [5, 5.41) is 19.0. The first-order chi connectivity index (χ1) is 10.4. The summed E-state index contributed by atoms with van der Waals surface area (Å²) in [5.74, 6) is -1.97. The highest BCUT2D eigenvalue weighted by Gasteiger charge is 2.22. The second-order valence-electron chi connectivity index (χ2n) is 4.64. The van der Waals surface area contributed by atoms with E-state index in [2.05, 4.69) is 0 Å². The maximum Gasteiger partial charge on any atom is 0.336 e. The largest absolute Gasteiger partial charge is 0.495 e. The molecular weight excluding hydrogens is 308 g/mol. The summed E-state index contributed by atoms with van der Waals surface area (Å²) in [6.07, 6.45) is 0. The molecule has 0 radical (unpaired) electrons. The number of benzene rings is 2. The predicted molar refractivity (Wildman–Crippen MR) is 82.1 cm³/mol. The fourth-order valence-electron chi connectivity index (χ4n) is 2.28. The van der Waals surface area contributed by atoms with Gasteiger partial charge in [-0.3, -0.25) is 0 Å². The molecule has 0 saturated carbocycles. The summed E-state index contributed by atoms with van der Waals surface area (Å²) < 4.78 is 5.05. The number of hydrogen-bond acceptors (Lipinski definition) is 3. The molecule has 0 aromatic heterocycles. The van der Waals surface area contributed by atoms with E-state index in [1.807, 2.05) is 0 Å². The zero-order valence-electron chi connectivity index (χ0n) is 11.9. The van der Waals surface area contributed by atoms with Gasteiger partial charge in [0.25, 0.3) is 0 Å². The van der Waals surface area contributed by atoms with Crippen LogP contribution in [-0.2, 0) is 0 Å². The maximum absolute atomic E-state index is 11.5. The van der Waals surface area contributed by atoms with Gasteiger partial charge in [0.1, 0.15) is 5.75 Å². The first-order valence-corrected chi connectivity index (χ1v) is 6.68. The third kappa shape index (κ3) is 2.76. The Balaban J connectivity index is 2.82. The molecule has 0 fully saturated rings. The molecular formula is C16H13ClO5. The number of carbonyl (C=O) groups is 2. The molecule has 0 aliphatic heterocycles. The molecule has 5 nitrogen and oxygen atoms in total. The number of methoxy groups -OCH3 is 1. The van der Waals surface area contributed by atoms with Gasteiger partial charge in [-0.05, 0) is 36.2 Å². The highest BCUT2D eigenvalue weighted by atomic mass is 35.5. The van der Waals surface area contributed by atoms with E-state index in [1.165, 1.54) is 25.3 Å². The monoisotopic (exact) mass is 320 g/mol. The standard InChI is InChI=1S/C16H13ClO5/c1-8-3-5-10(15(18)19)14(13(8)16(20)21)9-4-6-12(22-2)11(17)7-9/h3-7H,1-2H3,(H,18,19)(H,20,21). The molecule has 0 aliphatic rings. The summed E-state index contributed by atoms with van der Waals surface area (Å²) in [6.45, 7) is 1.61. The molecule has 6 heteroatoms. The normalized spacial score (nSPS) is 10.3. The minimum absolute atomic E-state index is 0.0545. The van der Waals surface area contributed by atoms with E-state index in [9.17, 15) is 19.8 Å². The number of hydrogen-bond donors (Lipinski definition) is 2. The highest BCUT2D eigenvalue weighted by molar-refractivity contribution is 6.32. The molecule has 0 heterocycles. The van der Waals surface area contributed by atoms with Gasteiger partial charge in [-0.15, -0.1) is 0 Å².